The van der Waals surface area contributed by atoms with Crippen LogP contribution in [0.1, 0.15) is 47.5 Å². The molecule has 2 nitrogen and oxygen atoms in total. The Bertz CT molecular complexity index is 120. The predicted molar refractivity (Wildman–Crippen MR) is 81.6 cm³/mol. The summed E-state index contributed by atoms with van der Waals surface area (Å²) < 4.78 is 0. The van der Waals surface area contributed by atoms with Crippen LogP contribution in [0.4, 0.5) is 0 Å². The largest absolute Gasteiger partial charge is 0.328 e. The minimum absolute atomic E-state index is 0. The van der Waals surface area contributed by atoms with Crippen LogP contribution in [0.2, 0.25) is 0 Å². The maximum Gasteiger partial charge on any atom is 0.00411 e. The summed E-state index contributed by atoms with van der Waals surface area (Å²) in [6.07, 6.45) is 2.53. The first-order valence-electron chi connectivity index (χ1n) is 5.50. The minimum atomic E-state index is 0. The highest BCUT2D eigenvalue weighted by Gasteiger charge is 2.13. The molecule has 1 saturated carbocycles. The van der Waals surface area contributed by atoms with Crippen molar-refractivity contribution in [3.8, 4) is 0 Å². The molecule has 0 atom stereocenters. The van der Waals surface area contributed by atoms with Crippen LogP contribution in [-0.2, 0) is 0 Å². The van der Waals surface area contributed by atoms with Crippen molar-refractivity contribution >= 4 is 37.2 Å². The van der Waals surface area contributed by atoms with E-state index in [2.05, 4.69) is 39.5 Å². The molecule has 0 aromatic carbocycles. The van der Waals surface area contributed by atoms with Gasteiger partial charge in [0.1, 0.15) is 0 Å². The highest BCUT2D eigenvalue weighted by Crippen LogP contribution is 2.13. The lowest BCUT2D eigenvalue weighted by Crippen LogP contribution is -2.36. The normalized spacial score (nSPS) is 13.3. The van der Waals surface area contributed by atoms with Gasteiger partial charge in [-0.25, -0.2) is 0 Å². The zero-order valence-electron chi connectivity index (χ0n) is 11.1. The maximum atomic E-state index is 5.22. The number of hydrogen-bond donors (Lipinski definition) is 1. The van der Waals surface area contributed by atoms with E-state index in [-0.39, 0.29) is 37.2 Å². The number of nitrogens with zero attached hydrogens (tertiary/aromatic N) is 1. The summed E-state index contributed by atoms with van der Waals surface area (Å²) in [5.74, 6) is 0. The van der Waals surface area contributed by atoms with E-state index in [4.69, 9.17) is 5.73 Å². The molecule has 5 heteroatoms. The molecular formula is C11H29Cl3N2. The standard InChI is InChI=1S/C8H19N.C3H7N.3ClH/c1-6-9(7(2)3)8(4)5;4-3-1-2-3;;;/h7-8H,6H2,1-5H3;3H,1-2,4H2;3*1H. The SMILES string of the molecule is CCN(C(C)C)C(C)C.Cl.Cl.Cl.NC1CC1. The smallest absolute Gasteiger partial charge is 0.00411 e. The predicted octanol–water partition coefficient (Wildman–Crippen LogP) is 3.50. The summed E-state index contributed by atoms with van der Waals surface area (Å²) in [6.45, 7) is 12.3. The summed E-state index contributed by atoms with van der Waals surface area (Å²) in [5, 5.41) is 0. The molecule has 0 aromatic heterocycles. The monoisotopic (exact) mass is 294 g/mol. The molecule has 0 radical (unpaired) electrons. The van der Waals surface area contributed by atoms with E-state index in [1.807, 2.05) is 0 Å². The van der Waals surface area contributed by atoms with Gasteiger partial charge in [-0.15, -0.1) is 37.2 Å². The molecule has 0 spiro atoms. The van der Waals surface area contributed by atoms with Crippen molar-refractivity contribution in [3.05, 3.63) is 0 Å². The highest BCUT2D eigenvalue weighted by molar-refractivity contribution is 5.86. The van der Waals surface area contributed by atoms with Crippen molar-refractivity contribution in [2.75, 3.05) is 6.54 Å². The van der Waals surface area contributed by atoms with Gasteiger partial charge >= 0.3 is 0 Å². The Kier molecular flexibility index (Phi) is 22.2. The number of hydrogen-bond acceptors (Lipinski definition) is 2. The molecule has 0 aliphatic heterocycles. The first-order chi connectivity index (χ1) is 5.99. The second kappa shape index (κ2) is 13.9. The molecule has 16 heavy (non-hydrogen) atoms. The fourth-order valence-corrected chi connectivity index (χ4v) is 1.42. The lowest BCUT2D eigenvalue weighted by Gasteiger charge is -2.28. The molecule has 0 saturated heterocycles. The summed E-state index contributed by atoms with van der Waals surface area (Å²) in [6, 6.07) is 1.96. The fraction of sp³-hybridized carbons (Fsp3) is 1.00. The third-order valence-electron chi connectivity index (χ3n) is 2.31. The van der Waals surface area contributed by atoms with E-state index in [1.54, 1.807) is 0 Å². The Labute approximate surface area is 120 Å². The Balaban J connectivity index is -0.0000000886. The second-order valence-electron chi connectivity index (χ2n) is 4.36. The first kappa shape index (κ1) is 25.6. The van der Waals surface area contributed by atoms with Crippen LogP contribution in [0, 0.1) is 0 Å². The zero-order chi connectivity index (χ0) is 10.4. The van der Waals surface area contributed by atoms with Crippen LogP contribution >= 0.6 is 37.2 Å². The van der Waals surface area contributed by atoms with Crippen LogP contribution in [0.3, 0.4) is 0 Å². The van der Waals surface area contributed by atoms with E-state index in [9.17, 15) is 0 Å². The summed E-state index contributed by atoms with van der Waals surface area (Å²) in [4.78, 5) is 2.46. The quantitative estimate of drug-likeness (QED) is 0.863. The molecule has 0 bridgehead atoms. The molecule has 0 amide bonds. The van der Waals surface area contributed by atoms with Gasteiger partial charge in [-0.2, -0.15) is 0 Å². The van der Waals surface area contributed by atoms with Crippen LogP contribution in [0.25, 0.3) is 0 Å². The topological polar surface area (TPSA) is 29.3 Å². The van der Waals surface area contributed by atoms with Gasteiger partial charge in [0.2, 0.25) is 0 Å². The van der Waals surface area contributed by atoms with Gasteiger partial charge in [0, 0.05) is 18.1 Å². The lowest BCUT2D eigenvalue weighted by molar-refractivity contribution is 0.185. The minimum Gasteiger partial charge on any atom is -0.328 e. The van der Waals surface area contributed by atoms with Crippen LogP contribution in [-0.4, -0.2) is 29.6 Å². The van der Waals surface area contributed by atoms with Crippen molar-refractivity contribution in [2.24, 2.45) is 5.73 Å². The molecule has 2 N–H and O–H groups in total. The molecule has 0 aromatic rings. The van der Waals surface area contributed by atoms with Gasteiger partial charge in [0.15, 0.2) is 0 Å². The fourth-order valence-electron chi connectivity index (χ4n) is 1.42. The Morgan fingerprint density at radius 3 is 1.25 bits per heavy atom. The average Bonchev–Trinajstić information content (AvgIpc) is 2.72. The molecule has 1 rings (SSSR count). The van der Waals surface area contributed by atoms with Crippen LogP contribution < -0.4 is 5.73 Å². The summed E-state index contributed by atoms with van der Waals surface area (Å²) in [5.41, 5.74) is 5.22. The van der Waals surface area contributed by atoms with Crippen LogP contribution in [0.15, 0.2) is 0 Å². The van der Waals surface area contributed by atoms with Gasteiger partial charge in [0.25, 0.3) is 0 Å². The Hall–Kier alpha value is 0.790. The van der Waals surface area contributed by atoms with Gasteiger partial charge in [-0.05, 0) is 47.1 Å². The van der Waals surface area contributed by atoms with Gasteiger partial charge in [-0.3, -0.25) is 4.90 Å². The van der Waals surface area contributed by atoms with E-state index in [1.165, 1.54) is 12.8 Å². The molecule has 0 heterocycles. The van der Waals surface area contributed by atoms with E-state index >= 15 is 0 Å². The first-order valence-corrected chi connectivity index (χ1v) is 5.50. The van der Waals surface area contributed by atoms with Crippen molar-refractivity contribution in [1.82, 2.24) is 4.90 Å². The van der Waals surface area contributed by atoms with Crippen molar-refractivity contribution < 1.29 is 0 Å². The Morgan fingerprint density at radius 2 is 1.25 bits per heavy atom. The van der Waals surface area contributed by atoms with Gasteiger partial charge in [-0.1, -0.05) is 6.92 Å². The summed E-state index contributed by atoms with van der Waals surface area (Å²) >= 11 is 0. The van der Waals surface area contributed by atoms with E-state index < -0.39 is 0 Å². The lowest BCUT2D eigenvalue weighted by atomic mass is 10.2. The average molecular weight is 296 g/mol. The van der Waals surface area contributed by atoms with Gasteiger partial charge in [0.05, 0.1) is 0 Å². The van der Waals surface area contributed by atoms with Crippen molar-refractivity contribution in [3.63, 3.8) is 0 Å². The second-order valence-corrected chi connectivity index (χ2v) is 4.36. The third-order valence-corrected chi connectivity index (χ3v) is 2.31. The molecule has 1 aliphatic rings. The molecular weight excluding hydrogens is 266 g/mol. The number of halogens is 3. The van der Waals surface area contributed by atoms with Crippen molar-refractivity contribution in [2.45, 2.75) is 65.6 Å². The molecule has 104 valence electrons. The number of nitrogens with two attached hydrogens (primary N) is 1. The Morgan fingerprint density at radius 1 is 1.00 bits per heavy atom. The van der Waals surface area contributed by atoms with Crippen LogP contribution in [0.5, 0.6) is 0 Å². The molecule has 1 fully saturated rings. The zero-order valence-corrected chi connectivity index (χ0v) is 13.6. The number of rotatable bonds is 3. The summed E-state index contributed by atoms with van der Waals surface area (Å²) in [7, 11) is 0. The van der Waals surface area contributed by atoms with E-state index in [0.717, 1.165) is 6.54 Å². The molecule has 1 aliphatic carbocycles. The van der Waals surface area contributed by atoms with Gasteiger partial charge < -0.3 is 5.73 Å². The highest BCUT2D eigenvalue weighted by atomic mass is 35.5. The van der Waals surface area contributed by atoms with Crippen molar-refractivity contribution in [1.29, 1.82) is 0 Å². The maximum absolute atomic E-state index is 5.22. The van der Waals surface area contributed by atoms with E-state index in [0.29, 0.717) is 18.1 Å². The molecule has 0 unspecified atom stereocenters. The third kappa shape index (κ3) is 14.8.